The normalized spacial score (nSPS) is 18.1. The standard InChI is InChI=1S/C27H34N6O5S/c1-17-14-24(33(32-17)23-13-12-22(37-2)15-25(23)39(3,35)36)27(34)31-21-10-6-19(7-11-21)26(28)30-20-8-4-18(5-9-20)16-38-29/h6-7,10-15,18,20H,4-5,8-9,16,29H2,1-3H3,(H2,28,30)(H,31,34). The number of amidine groups is 1. The Morgan fingerprint density at radius 3 is 2.44 bits per heavy atom. The molecule has 11 nitrogen and oxygen atoms in total. The monoisotopic (exact) mass is 554 g/mol. The molecule has 0 bridgehead atoms. The highest BCUT2D eigenvalue weighted by atomic mass is 32.2. The highest BCUT2D eigenvalue weighted by Crippen LogP contribution is 2.28. The Hall–Kier alpha value is -3.74. The van der Waals surface area contributed by atoms with Crippen molar-refractivity contribution in [3.8, 4) is 11.4 Å². The second kappa shape index (κ2) is 12.0. The molecular weight excluding hydrogens is 520 g/mol. The zero-order valence-electron chi connectivity index (χ0n) is 22.3. The molecule has 4 rings (SSSR count). The van der Waals surface area contributed by atoms with Crippen LogP contribution in [0.25, 0.3) is 5.69 Å². The van der Waals surface area contributed by atoms with Crippen LogP contribution in [0.5, 0.6) is 5.75 Å². The first kappa shape index (κ1) is 28.3. The molecule has 39 heavy (non-hydrogen) atoms. The van der Waals surface area contributed by atoms with E-state index in [1.807, 2.05) is 0 Å². The molecule has 0 aliphatic heterocycles. The first-order chi connectivity index (χ1) is 18.6. The van der Waals surface area contributed by atoms with Gasteiger partial charge in [-0.05, 0) is 81.0 Å². The molecular formula is C27H34N6O5S. The molecule has 1 aliphatic rings. The lowest BCUT2D eigenvalue weighted by Gasteiger charge is -2.25. The van der Waals surface area contributed by atoms with Gasteiger partial charge in [0, 0.05) is 23.6 Å². The Kier molecular flexibility index (Phi) is 8.68. The van der Waals surface area contributed by atoms with Gasteiger partial charge in [-0.3, -0.25) is 9.79 Å². The summed E-state index contributed by atoms with van der Waals surface area (Å²) in [5, 5.41) is 7.24. The molecule has 1 fully saturated rings. The molecule has 1 heterocycles. The molecule has 208 valence electrons. The van der Waals surface area contributed by atoms with Crippen molar-refractivity contribution in [2.24, 2.45) is 22.5 Å². The smallest absolute Gasteiger partial charge is 0.274 e. The zero-order chi connectivity index (χ0) is 28.2. The molecule has 0 atom stereocenters. The van der Waals surface area contributed by atoms with Crippen molar-refractivity contribution in [3.05, 3.63) is 65.5 Å². The summed E-state index contributed by atoms with van der Waals surface area (Å²) in [5.74, 6) is 6.04. The van der Waals surface area contributed by atoms with Gasteiger partial charge < -0.3 is 20.6 Å². The molecule has 1 amide bonds. The van der Waals surface area contributed by atoms with Gasteiger partial charge in [-0.2, -0.15) is 5.10 Å². The first-order valence-corrected chi connectivity index (χ1v) is 14.5. The Balaban J connectivity index is 1.51. The molecule has 1 saturated carbocycles. The van der Waals surface area contributed by atoms with E-state index in [1.54, 1.807) is 49.4 Å². The van der Waals surface area contributed by atoms with Crippen LogP contribution in [0.2, 0.25) is 0 Å². The van der Waals surface area contributed by atoms with E-state index in [9.17, 15) is 13.2 Å². The number of amides is 1. The first-order valence-electron chi connectivity index (χ1n) is 12.6. The second-order valence-electron chi connectivity index (χ2n) is 9.74. The lowest BCUT2D eigenvalue weighted by atomic mass is 9.87. The van der Waals surface area contributed by atoms with Crippen molar-refractivity contribution >= 4 is 27.3 Å². The van der Waals surface area contributed by atoms with Crippen LogP contribution in [0.3, 0.4) is 0 Å². The second-order valence-corrected chi connectivity index (χ2v) is 11.7. The molecule has 12 heteroatoms. The van der Waals surface area contributed by atoms with Crippen LogP contribution in [-0.4, -0.2) is 56.0 Å². The predicted molar refractivity (Wildman–Crippen MR) is 149 cm³/mol. The maximum atomic E-state index is 13.2. The number of carbonyl (C=O) groups excluding carboxylic acids is 1. The Morgan fingerprint density at radius 1 is 1.13 bits per heavy atom. The lowest BCUT2D eigenvalue weighted by molar-refractivity contribution is 0.0843. The van der Waals surface area contributed by atoms with Crippen molar-refractivity contribution < 1.29 is 22.8 Å². The minimum Gasteiger partial charge on any atom is -0.497 e. The topological polar surface area (TPSA) is 164 Å². The maximum absolute atomic E-state index is 13.2. The van der Waals surface area contributed by atoms with E-state index in [0.717, 1.165) is 37.5 Å². The summed E-state index contributed by atoms with van der Waals surface area (Å²) in [5.41, 5.74) is 8.56. The lowest BCUT2D eigenvalue weighted by Crippen LogP contribution is -2.25. The molecule has 3 aromatic rings. The third-order valence-electron chi connectivity index (χ3n) is 6.77. The number of ether oxygens (including phenoxy) is 1. The van der Waals surface area contributed by atoms with Gasteiger partial charge in [0.25, 0.3) is 5.91 Å². The van der Waals surface area contributed by atoms with Gasteiger partial charge in [0.1, 0.15) is 17.3 Å². The number of benzene rings is 2. The van der Waals surface area contributed by atoms with Crippen LogP contribution >= 0.6 is 0 Å². The van der Waals surface area contributed by atoms with Crippen LogP contribution in [-0.2, 0) is 14.7 Å². The summed E-state index contributed by atoms with van der Waals surface area (Å²) in [7, 11) is -2.19. The number of rotatable bonds is 9. The minimum atomic E-state index is -3.64. The SMILES string of the molecule is COc1ccc(-n2nc(C)cc2C(=O)Nc2ccc(C(N)=NC3CCC(CON)CC3)cc2)c(S(C)(=O)=O)c1. The van der Waals surface area contributed by atoms with Crippen LogP contribution in [0.4, 0.5) is 5.69 Å². The van der Waals surface area contributed by atoms with E-state index >= 15 is 0 Å². The summed E-state index contributed by atoms with van der Waals surface area (Å²) < 4.78 is 31.5. The quantitative estimate of drug-likeness (QED) is 0.206. The van der Waals surface area contributed by atoms with Crippen molar-refractivity contribution in [1.82, 2.24) is 9.78 Å². The van der Waals surface area contributed by atoms with E-state index in [2.05, 4.69) is 10.4 Å². The summed E-state index contributed by atoms with van der Waals surface area (Å²) in [6.07, 6.45) is 4.97. The molecule has 1 aliphatic carbocycles. The number of sulfone groups is 1. The maximum Gasteiger partial charge on any atom is 0.274 e. The number of aliphatic imine (C=N–C) groups is 1. The fourth-order valence-corrected chi connectivity index (χ4v) is 5.57. The Morgan fingerprint density at radius 2 is 1.82 bits per heavy atom. The zero-order valence-corrected chi connectivity index (χ0v) is 23.1. The number of carbonyl (C=O) groups is 1. The van der Waals surface area contributed by atoms with Gasteiger partial charge in [-0.25, -0.2) is 19.0 Å². The van der Waals surface area contributed by atoms with E-state index < -0.39 is 15.7 Å². The number of nitrogens with zero attached hydrogens (tertiary/aromatic N) is 3. The van der Waals surface area contributed by atoms with E-state index in [0.29, 0.717) is 35.5 Å². The third-order valence-corrected chi connectivity index (χ3v) is 7.89. The highest BCUT2D eigenvalue weighted by molar-refractivity contribution is 7.90. The van der Waals surface area contributed by atoms with Gasteiger partial charge in [-0.15, -0.1) is 0 Å². The predicted octanol–water partition coefficient (Wildman–Crippen LogP) is 3.00. The largest absolute Gasteiger partial charge is 0.497 e. The molecule has 0 radical (unpaired) electrons. The van der Waals surface area contributed by atoms with Gasteiger partial charge in [0.2, 0.25) is 0 Å². The van der Waals surface area contributed by atoms with E-state index in [1.165, 1.54) is 17.9 Å². The highest BCUT2D eigenvalue weighted by Gasteiger charge is 2.23. The molecule has 0 spiro atoms. The van der Waals surface area contributed by atoms with Gasteiger partial charge >= 0.3 is 0 Å². The fraction of sp³-hybridized carbons (Fsp3) is 0.370. The van der Waals surface area contributed by atoms with E-state index in [4.69, 9.17) is 26.2 Å². The van der Waals surface area contributed by atoms with E-state index in [-0.39, 0.29) is 22.3 Å². The van der Waals surface area contributed by atoms with Gasteiger partial charge in [0.15, 0.2) is 9.84 Å². The van der Waals surface area contributed by atoms with Crippen molar-refractivity contribution in [3.63, 3.8) is 0 Å². The molecule has 0 unspecified atom stereocenters. The Labute approximate surface area is 228 Å². The van der Waals surface area contributed by atoms with Crippen molar-refractivity contribution in [2.45, 2.75) is 43.5 Å². The summed E-state index contributed by atoms with van der Waals surface area (Å²) >= 11 is 0. The average molecular weight is 555 g/mol. The van der Waals surface area contributed by atoms with Crippen LogP contribution < -0.4 is 21.7 Å². The summed E-state index contributed by atoms with van der Waals surface area (Å²) in [6, 6.07) is 13.4. The molecule has 2 aromatic carbocycles. The number of hydrogen-bond donors (Lipinski definition) is 3. The summed E-state index contributed by atoms with van der Waals surface area (Å²) in [4.78, 5) is 22.7. The van der Waals surface area contributed by atoms with Crippen LogP contribution in [0.15, 0.2) is 58.4 Å². The molecule has 5 N–H and O–H groups in total. The number of anilines is 1. The Bertz CT molecular complexity index is 1460. The summed E-state index contributed by atoms with van der Waals surface area (Å²) in [6.45, 7) is 2.30. The number of nitrogens with two attached hydrogens (primary N) is 2. The van der Waals surface area contributed by atoms with Crippen LogP contribution in [0.1, 0.15) is 47.4 Å². The number of aromatic nitrogens is 2. The fourth-order valence-electron chi connectivity index (χ4n) is 4.71. The van der Waals surface area contributed by atoms with Crippen molar-refractivity contribution in [2.75, 3.05) is 25.3 Å². The molecule has 0 saturated heterocycles. The number of nitrogens with one attached hydrogen (secondary N) is 1. The third kappa shape index (κ3) is 6.83. The average Bonchev–Trinajstić information content (AvgIpc) is 3.31. The van der Waals surface area contributed by atoms with Crippen LogP contribution in [0, 0.1) is 12.8 Å². The number of hydrogen-bond acceptors (Lipinski definition) is 8. The number of aryl methyl sites for hydroxylation is 1. The van der Waals surface area contributed by atoms with Gasteiger partial charge in [0.05, 0.1) is 36.0 Å². The van der Waals surface area contributed by atoms with Gasteiger partial charge in [-0.1, -0.05) is 0 Å². The van der Waals surface area contributed by atoms with Crippen molar-refractivity contribution in [1.29, 1.82) is 0 Å². The number of methoxy groups -OCH3 is 1. The molecule has 1 aromatic heterocycles. The minimum absolute atomic E-state index is 0.000634.